The van der Waals surface area contributed by atoms with E-state index in [1.807, 2.05) is 18.2 Å². The van der Waals surface area contributed by atoms with Crippen LogP contribution in [0, 0.1) is 11.6 Å². The standard InChI is InChI=1S/C25H23F2N3O2S/c26-21-6-9-25(23(27)17-21)33(31,32)30-11-10-20-16-22(7-8-24(20)30)29-14-12-28(13-15-29)18-19-4-2-1-3-5-19/h1-11,16-17H,12-15,18H2. The largest absolute Gasteiger partial charge is 0.369 e. The van der Waals surface area contributed by atoms with Gasteiger partial charge in [0.1, 0.15) is 16.5 Å². The number of hydrogen-bond donors (Lipinski definition) is 0. The Bertz CT molecular complexity index is 1400. The SMILES string of the molecule is O=S(=O)(c1ccc(F)cc1F)n1ccc2cc(N3CCN(Cc4ccccc4)CC3)ccc21. The van der Waals surface area contributed by atoms with E-state index in [2.05, 4.69) is 34.1 Å². The lowest BCUT2D eigenvalue weighted by Crippen LogP contribution is -2.45. The third kappa shape index (κ3) is 4.24. The van der Waals surface area contributed by atoms with Crippen molar-refractivity contribution in [2.45, 2.75) is 11.4 Å². The Morgan fingerprint density at radius 3 is 2.30 bits per heavy atom. The Balaban J connectivity index is 1.34. The van der Waals surface area contributed by atoms with Crippen molar-refractivity contribution in [2.75, 3.05) is 31.1 Å². The fourth-order valence-corrected chi connectivity index (χ4v) is 5.71. The number of halogens is 2. The van der Waals surface area contributed by atoms with Crippen molar-refractivity contribution in [3.05, 3.63) is 96.2 Å². The number of rotatable bonds is 5. The third-order valence-electron chi connectivity index (χ3n) is 6.06. The molecule has 0 radical (unpaired) electrons. The lowest BCUT2D eigenvalue weighted by molar-refractivity contribution is 0.250. The van der Waals surface area contributed by atoms with E-state index in [0.29, 0.717) is 11.6 Å². The van der Waals surface area contributed by atoms with E-state index in [-0.39, 0.29) is 0 Å². The first kappa shape index (κ1) is 21.6. The van der Waals surface area contributed by atoms with Crippen LogP contribution in [0.15, 0.2) is 83.9 Å². The fourth-order valence-electron chi connectivity index (χ4n) is 4.31. The summed E-state index contributed by atoms with van der Waals surface area (Å²) in [5.41, 5.74) is 2.77. The molecule has 0 atom stereocenters. The maximum absolute atomic E-state index is 14.2. The van der Waals surface area contributed by atoms with Crippen molar-refractivity contribution >= 4 is 26.6 Å². The number of aromatic nitrogens is 1. The van der Waals surface area contributed by atoms with Crippen LogP contribution in [0.4, 0.5) is 14.5 Å². The molecule has 0 aliphatic carbocycles. The summed E-state index contributed by atoms with van der Waals surface area (Å²) in [5.74, 6) is -1.93. The Hall–Kier alpha value is -3.23. The Morgan fingerprint density at radius 1 is 0.818 bits per heavy atom. The van der Waals surface area contributed by atoms with Crippen LogP contribution in [-0.2, 0) is 16.6 Å². The molecule has 0 spiro atoms. The first-order chi connectivity index (χ1) is 15.9. The highest BCUT2D eigenvalue weighted by molar-refractivity contribution is 7.90. The van der Waals surface area contributed by atoms with Gasteiger partial charge in [-0.15, -0.1) is 0 Å². The molecule has 1 saturated heterocycles. The van der Waals surface area contributed by atoms with E-state index < -0.39 is 26.6 Å². The van der Waals surface area contributed by atoms with Gasteiger partial charge in [0.15, 0.2) is 0 Å². The highest BCUT2D eigenvalue weighted by Gasteiger charge is 2.24. The molecule has 5 rings (SSSR count). The molecule has 1 aromatic heterocycles. The Labute approximate surface area is 191 Å². The normalized spacial score (nSPS) is 15.3. The minimum atomic E-state index is -4.19. The molecule has 4 aromatic rings. The van der Waals surface area contributed by atoms with Gasteiger partial charge in [0.25, 0.3) is 10.0 Å². The molecule has 0 amide bonds. The lowest BCUT2D eigenvalue weighted by atomic mass is 10.1. The summed E-state index contributed by atoms with van der Waals surface area (Å²) in [4.78, 5) is 4.15. The average molecular weight is 468 g/mol. The third-order valence-corrected chi connectivity index (χ3v) is 7.78. The summed E-state index contributed by atoms with van der Waals surface area (Å²) in [6, 6.07) is 20.1. The van der Waals surface area contributed by atoms with E-state index in [1.54, 1.807) is 12.1 Å². The molecule has 0 N–H and O–H groups in total. The first-order valence-electron chi connectivity index (χ1n) is 10.7. The van der Waals surface area contributed by atoms with Crippen LogP contribution < -0.4 is 4.90 Å². The zero-order valence-electron chi connectivity index (χ0n) is 17.9. The zero-order chi connectivity index (χ0) is 23.0. The molecule has 8 heteroatoms. The van der Waals surface area contributed by atoms with Crippen molar-refractivity contribution < 1.29 is 17.2 Å². The molecule has 1 aliphatic heterocycles. The van der Waals surface area contributed by atoms with Crippen molar-refractivity contribution in [1.29, 1.82) is 0 Å². The van der Waals surface area contributed by atoms with Crippen LogP contribution in [0.25, 0.3) is 10.9 Å². The van der Waals surface area contributed by atoms with Gasteiger partial charge in [-0.2, -0.15) is 0 Å². The molecule has 0 bridgehead atoms. The highest BCUT2D eigenvalue weighted by Crippen LogP contribution is 2.28. The number of piperazine rings is 1. The van der Waals surface area contributed by atoms with Gasteiger partial charge in [0.2, 0.25) is 0 Å². The van der Waals surface area contributed by atoms with E-state index in [1.165, 1.54) is 11.8 Å². The van der Waals surface area contributed by atoms with Crippen molar-refractivity contribution in [1.82, 2.24) is 8.87 Å². The molecule has 0 saturated carbocycles. The molecule has 33 heavy (non-hydrogen) atoms. The first-order valence-corrected chi connectivity index (χ1v) is 12.2. The number of nitrogens with zero attached hydrogens (tertiary/aromatic N) is 3. The molecular weight excluding hydrogens is 444 g/mol. The number of benzene rings is 3. The predicted molar refractivity (Wildman–Crippen MR) is 125 cm³/mol. The molecule has 170 valence electrons. The Morgan fingerprint density at radius 2 is 1.58 bits per heavy atom. The maximum Gasteiger partial charge on any atom is 0.271 e. The van der Waals surface area contributed by atoms with Crippen molar-refractivity contribution in [3.8, 4) is 0 Å². The number of fused-ring (bicyclic) bond motifs is 1. The quantitative estimate of drug-likeness (QED) is 0.434. The second-order valence-corrected chi connectivity index (χ2v) is 9.97. The molecule has 2 heterocycles. The van der Waals surface area contributed by atoms with Crippen molar-refractivity contribution in [2.24, 2.45) is 0 Å². The van der Waals surface area contributed by atoms with Gasteiger partial charge in [-0.05, 0) is 42.0 Å². The van der Waals surface area contributed by atoms with Gasteiger partial charge in [-0.1, -0.05) is 30.3 Å². The van der Waals surface area contributed by atoms with Crippen LogP contribution in [0.2, 0.25) is 0 Å². The second kappa shape index (κ2) is 8.61. The summed E-state index contributed by atoms with van der Waals surface area (Å²) in [6.07, 6.45) is 1.41. The molecular formula is C25H23F2N3O2S. The van der Waals surface area contributed by atoms with Crippen molar-refractivity contribution in [3.63, 3.8) is 0 Å². The highest BCUT2D eigenvalue weighted by atomic mass is 32.2. The van der Waals surface area contributed by atoms with E-state index in [9.17, 15) is 17.2 Å². The average Bonchev–Trinajstić information content (AvgIpc) is 3.24. The van der Waals surface area contributed by atoms with Gasteiger partial charge >= 0.3 is 0 Å². The monoisotopic (exact) mass is 467 g/mol. The number of anilines is 1. The van der Waals surface area contributed by atoms with Crippen LogP contribution in [0.3, 0.4) is 0 Å². The molecule has 1 aliphatic rings. The van der Waals surface area contributed by atoms with Crippen LogP contribution in [-0.4, -0.2) is 43.5 Å². The van der Waals surface area contributed by atoms with Gasteiger partial charge in [-0.3, -0.25) is 4.90 Å². The predicted octanol–water partition coefficient (Wildman–Crippen LogP) is 4.48. The summed E-state index contributed by atoms with van der Waals surface area (Å²) >= 11 is 0. The minimum absolute atomic E-state index is 0.449. The number of hydrogen-bond acceptors (Lipinski definition) is 4. The van der Waals surface area contributed by atoms with Gasteiger partial charge < -0.3 is 4.90 Å². The molecule has 5 nitrogen and oxygen atoms in total. The van der Waals surface area contributed by atoms with Gasteiger partial charge in [0, 0.05) is 56.1 Å². The Kier molecular flexibility index (Phi) is 5.64. The van der Waals surface area contributed by atoms with E-state index >= 15 is 0 Å². The van der Waals surface area contributed by atoms with Gasteiger partial charge in [-0.25, -0.2) is 21.2 Å². The molecule has 3 aromatic carbocycles. The van der Waals surface area contributed by atoms with Crippen LogP contribution in [0.5, 0.6) is 0 Å². The second-order valence-electron chi connectivity index (χ2n) is 8.18. The van der Waals surface area contributed by atoms with E-state index in [4.69, 9.17) is 0 Å². The fraction of sp³-hybridized carbons (Fsp3) is 0.200. The van der Waals surface area contributed by atoms with Crippen LogP contribution in [0.1, 0.15) is 5.56 Å². The summed E-state index contributed by atoms with van der Waals surface area (Å²) in [7, 11) is -4.19. The zero-order valence-corrected chi connectivity index (χ0v) is 18.7. The summed E-state index contributed by atoms with van der Waals surface area (Å²) in [6.45, 7) is 4.54. The van der Waals surface area contributed by atoms with E-state index in [0.717, 1.165) is 59.9 Å². The topological polar surface area (TPSA) is 45.6 Å². The summed E-state index contributed by atoms with van der Waals surface area (Å²) in [5, 5.41) is 0.741. The summed E-state index contributed by atoms with van der Waals surface area (Å²) < 4.78 is 54.4. The minimum Gasteiger partial charge on any atom is -0.369 e. The molecule has 0 unspecified atom stereocenters. The van der Waals surface area contributed by atoms with Crippen LogP contribution >= 0.6 is 0 Å². The maximum atomic E-state index is 14.2. The molecule has 1 fully saturated rings. The van der Waals surface area contributed by atoms with Gasteiger partial charge in [0.05, 0.1) is 5.52 Å². The smallest absolute Gasteiger partial charge is 0.271 e. The lowest BCUT2D eigenvalue weighted by Gasteiger charge is -2.36.